The maximum absolute atomic E-state index is 12.9. The fourth-order valence-electron chi connectivity index (χ4n) is 4.39. The molecule has 2 heterocycles. The van der Waals surface area contributed by atoms with Crippen LogP contribution < -0.4 is 10.0 Å². The number of benzene rings is 3. The zero-order valence-electron chi connectivity index (χ0n) is 18.3. The Morgan fingerprint density at radius 1 is 0.941 bits per heavy atom. The molecule has 8 heteroatoms. The Labute approximate surface area is 198 Å². The number of nitrogens with one attached hydrogen (secondary N) is 2. The summed E-state index contributed by atoms with van der Waals surface area (Å²) in [6, 6.07) is 20.7. The SMILES string of the molecule is C=C1CCC(N2Cc3cc(NS(=O)(=O)c4ccc(-c5ccccc5)cc4)ccc3C2=O)C(=O)N1. The molecule has 1 fully saturated rings. The van der Waals surface area contributed by atoms with Crippen molar-refractivity contribution in [2.75, 3.05) is 4.72 Å². The predicted molar refractivity (Wildman–Crippen MR) is 129 cm³/mol. The third kappa shape index (κ3) is 4.08. The number of carbonyl (C=O) groups excluding carboxylic acids is 2. The number of amides is 2. The lowest BCUT2D eigenvalue weighted by atomic mass is 10.0. The van der Waals surface area contributed by atoms with Crippen LogP contribution in [0.1, 0.15) is 28.8 Å². The fourth-order valence-corrected chi connectivity index (χ4v) is 5.44. The van der Waals surface area contributed by atoms with Crippen LogP contribution in [-0.4, -0.2) is 31.2 Å². The molecule has 0 saturated carbocycles. The average molecular weight is 474 g/mol. The van der Waals surface area contributed by atoms with E-state index in [1.165, 1.54) is 4.90 Å². The molecule has 3 aromatic carbocycles. The minimum atomic E-state index is -3.81. The van der Waals surface area contributed by atoms with Gasteiger partial charge in [0, 0.05) is 23.5 Å². The van der Waals surface area contributed by atoms with Crippen LogP contribution in [0.4, 0.5) is 5.69 Å². The van der Waals surface area contributed by atoms with E-state index in [4.69, 9.17) is 0 Å². The van der Waals surface area contributed by atoms with Crippen molar-refractivity contribution in [2.45, 2.75) is 30.3 Å². The molecule has 2 amide bonds. The second kappa shape index (κ2) is 8.46. The molecule has 2 N–H and O–H groups in total. The lowest BCUT2D eigenvalue weighted by Crippen LogP contribution is -2.49. The van der Waals surface area contributed by atoms with E-state index >= 15 is 0 Å². The molecule has 0 aromatic heterocycles. The second-order valence-electron chi connectivity index (χ2n) is 8.45. The van der Waals surface area contributed by atoms with Gasteiger partial charge in [0.2, 0.25) is 5.91 Å². The van der Waals surface area contributed by atoms with E-state index in [1.807, 2.05) is 30.3 Å². The minimum absolute atomic E-state index is 0.143. The summed E-state index contributed by atoms with van der Waals surface area (Å²) in [5, 5.41) is 2.71. The Bertz CT molecular complexity index is 1400. The summed E-state index contributed by atoms with van der Waals surface area (Å²) in [5.41, 5.74) is 4.10. The van der Waals surface area contributed by atoms with Crippen LogP contribution in [0.3, 0.4) is 0 Å². The van der Waals surface area contributed by atoms with Gasteiger partial charge >= 0.3 is 0 Å². The number of fused-ring (bicyclic) bond motifs is 1. The molecule has 3 aromatic rings. The van der Waals surface area contributed by atoms with Crippen molar-refractivity contribution >= 4 is 27.5 Å². The Morgan fingerprint density at radius 2 is 1.65 bits per heavy atom. The summed E-state index contributed by atoms with van der Waals surface area (Å²) in [6.07, 6.45) is 1.13. The molecule has 0 bridgehead atoms. The number of anilines is 1. The van der Waals surface area contributed by atoms with Gasteiger partial charge in [-0.3, -0.25) is 14.3 Å². The molecule has 7 nitrogen and oxygen atoms in total. The first-order valence-corrected chi connectivity index (χ1v) is 12.4. The zero-order valence-corrected chi connectivity index (χ0v) is 19.1. The number of nitrogens with zero attached hydrogens (tertiary/aromatic N) is 1. The van der Waals surface area contributed by atoms with Crippen LogP contribution in [-0.2, 0) is 21.4 Å². The van der Waals surface area contributed by atoms with Crippen LogP contribution >= 0.6 is 0 Å². The molecule has 0 aliphatic carbocycles. The first kappa shape index (κ1) is 21.9. The Balaban J connectivity index is 1.33. The van der Waals surface area contributed by atoms with Gasteiger partial charge in [0.05, 0.1) is 4.90 Å². The summed E-state index contributed by atoms with van der Waals surface area (Å²) in [6.45, 7) is 4.02. The Morgan fingerprint density at radius 3 is 2.35 bits per heavy atom. The standard InChI is InChI=1S/C26H23N3O4S/c1-17-7-14-24(25(30)27-17)29-16-20-15-21(10-13-23(20)26(29)31)28-34(32,33)22-11-8-19(9-12-22)18-5-3-2-4-6-18/h2-6,8-13,15,24,28H,1,7,14,16H2,(H,27,30). The van der Waals surface area contributed by atoms with Crippen molar-refractivity contribution in [3.05, 3.63) is 96.2 Å². The Kier molecular flexibility index (Phi) is 5.45. The zero-order chi connectivity index (χ0) is 23.9. The molecule has 34 heavy (non-hydrogen) atoms. The predicted octanol–water partition coefficient (Wildman–Crippen LogP) is 3.90. The lowest BCUT2D eigenvalue weighted by Gasteiger charge is -2.30. The van der Waals surface area contributed by atoms with Crippen LogP contribution in [0.15, 0.2) is 90.0 Å². The average Bonchev–Trinajstić information content (AvgIpc) is 3.15. The highest BCUT2D eigenvalue weighted by Gasteiger charge is 2.38. The highest BCUT2D eigenvalue weighted by atomic mass is 32.2. The highest BCUT2D eigenvalue weighted by molar-refractivity contribution is 7.92. The number of carbonyl (C=O) groups is 2. The monoisotopic (exact) mass is 473 g/mol. The number of hydrogen-bond donors (Lipinski definition) is 2. The van der Waals surface area contributed by atoms with Crippen molar-refractivity contribution < 1.29 is 18.0 Å². The van der Waals surface area contributed by atoms with Gasteiger partial charge in [-0.05, 0) is 59.9 Å². The van der Waals surface area contributed by atoms with Gasteiger partial charge in [-0.15, -0.1) is 0 Å². The molecular weight excluding hydrogens is 450 g/mol. The lowest BCUT2D eigenvalue weighted by molar-refractivity contribution is -0.126. The van der Waals surface area contributed by atoms with Crippen LogP contribution in [0.2, 0.25) is 0 Å². The molecule has 1 atom stereocenters. The number of hydrogen-bond acceptors (Lipinski definition) is 4. The molecular formula is C26H23N3O4S. The van der Waals surface area contributed by atoms with Crippen molar-refractivity contribution in [3.8, 4) is 11.1 Å². The third-order valence-electron chi connectivity index (χ3n) is 6.16. The first-order valence-electron chi connectivity index (χ1n) is 10.9. The van der Waals surface area contributed by atoms with Gasteiger partial charge < -0.3 is 10.2 Å². The van der Waals surface area contributed by atoms with Gasteiger partial charge in [-0.1, -0.05) is 49.0 Å². The summed E-state index contributed by atoms with van der Waals surface area (Å²) < 4.78 is 28.5. The molecule has 0 spiro atoms. The summed E-state index contributed by atoms with van der Waals surface area (Å²) in [7, 11) is -3.81. The molecule has 5 rings (SSSR count). The van der Waals surface area contributed by atoms with Gasteiger partial charge in [0.15, 0.2) is 0 Å². The normalized spacial score (nSPS) is 17.9. The van der Waals surface area contributed by atoms with E-state index in [2.05, 4.69) is 16.6 Å². The van der Waals surface area contributed by atoms with E-state index in [9.17, 15) is 18.0 Å². The minimum Gasteiger partial charge on any atom is -0.329 e. The van der Waals surface area contributed by atoms with Crippen LogP contribution in [0.25, 0.3) is 11.1 Å². The summed E-state index contributed by atoms with van der Waals surface area (Å²) >= 11 is 0. The van der Waals surface area contributed by atoms with E-state index < -0.39 is 16.1 Å². The molecule has 0 radical (unpaired) electrons. The van der Waals surface area contributed by atoms with E-state index in [0.717, 1.165) is 11.1 Å². The first-order chi connectivity index (χ1) is 16.3. The van der Waals surface area contributed by atoms with Gasteiger partial charge in [-0.25, -0.2) is 8.42 Å². The molecule has 2 aliphatic rings. The smallest absolute Gasteiger partial charge is 0.261 e. The van der Waals surface area contributed by atoms with E-state index in [0.29, 0.717) is 35.4 Å². The van der Waals surface area contributed by atoms with Crippen molar-refractivity contribution in [1.82, 2.24) is 10.2 Å². The molecule has 2 aliphatic heterocycles. The summed E-state index contributed by atoms with van der Waals surface area (Å²) in [4.78, 5) is 26.9. The molecule has 172 valence electrons. The molecule has 1 unspecified atom stereocenters. The maximum atomic E-state index is 12.9. The van der Waals surface area contributed by atoms with Crippen LogP contribution in [0, 0.1) is 0 Å². The van der Waals surface area contributed by atoms with Gasteiger partial charge in [-0.2, -0.15) is 0 Å². The van der Waals surface area contributed by atoms with E-state index in [-0.39, 0.29) is 23.3 Å². The number of sulfonamides is 1. The highest BCUT2D eigenvalue weighted by Crippen LogP contribution is 2.31. The summed E-state index contributed by atoms with van der Waals surface area (Å²) in [5.74, 6) is -0.467. The largest absolute Gasteiger partial charge is 0.329 e. The number of rotatable bonds is 5. The van der Waals surface area contributed by atoms with Crippen molar-refractivity contribution in [1.29, 1.82) is 0 Å². The number of piperidine rings is 1. The fraction of sp³-hybridized carbons (Fsp3) is 0.154. The quantitative estimate of drug-likeness (QED) is 0.588. The van der Waals surface area contributed by atoms with Crippen LogP contribution in [0.5, 0.6) is 0 Å². The van der Waals surface area contributed by atoms with Gasteiger partial charge in [0.1, 0.15) is 6.04 Å². The number of allylic oxidation sites excluding steroid dienone is 1. The maximum Gasteiger partial charge on any atom is 0.261 e. The van der Waals surface area contributed by atoms with E-state index in [1.54, 1.807) is 42.5 Å². The third-order valence-corrected chi connectivity index (χ3v) is 7.56. The molecule has 1 saturated heterocycles. The topological polar surface area (TPSA) is 95.6 Å². The van der Waals surface area contributed by atoms with Crippen molar-refractivity contribution in [3.63, 3.8) is 0 Å². The second-order valence-corrected chi connectivity index (χ2v) is 10.1. The van der Waals surface area contributed by atoms with Gasteiger partial charge in [0.25, 0.3) is 15.9 Å². The van der Waals surface area contributed by atoms with Crippen molar-refractivity contribution in [2.24, 2.45) is 0 Å². The Hall–Kier alpha value is -3.91.